The lowest BCUT2D eigenvalue weighted by molar-refractivity contribution is 0.347. The van der Waals surface area contributed by atoms with Crippen molar-refractivity contribution in [2.45, 2.75) is 6.42 Å². The molecule has 0 spiro atoms. The Morgan fingerprint density at radius 2 is 2.11 bits per heavy atom. The first-order chi connectivity index (χ1) is 9.06. The summed E-state index contributed by atoms with van der Waals surface area (Å²) in [6.07, 6.45) is 1.08. The molecule has 1 N–H and O–H groups in total. The first-order valence-electron chi connectivity index (χ1n) is 6.26. The summed E-state index contributed by atoms with van der Waals surface area (Å²) in [6, 6.07) is 4.61. The van der Waals surface area contributed by atoms with Crippen molar-refractivity contribution in [1.29, 1.82) is 0 Å². The summed E-state index contributed by atoms with van der Waals surface area (Å²) in [5, 5.41) is 3.82. The molecular weight excluding hydrogens is 285 g/mol. The summed E-state index contributed by atoms with van der Waals surface area (Å²) in [4.78, 5) is 4.40. The zero-order chi connectivity index (χ0) is 13.8. The molecule has 2 rings (SSSR count). The first-order valence-corrected chi connectivity index (χ1v) is 7.04. The quantitative estimate of drug-likeness (QED) is 0.804. The molecule has 6 heteroatoms. The predicted molar refractivity (Wildman–Crippen MR) is 81.3 cm³/mol. The van der Waals surface area contributed by atoms with Gasteiger partial charge in [-0.1, -0.05) is 11.6 Å². The molecule has 0 amide bonds. The van der Waals surface area contributed by atoms with Crippen LogP contribution in [0.15, 0.2) is 18.2 Å². The minimum Gasteiger partial charge on any atom is -0.348 e. The second-order valence-corrected chi connectivity index (χ2v) is 5.50. The third kappa shape index (κ3) is 4.03. The number of thiocarbonyl (C=S) groups is 1. The monoisotopic (exact) mass is 301 g/mol. The highest BCUT2D eigenvalue weighted by atomic mass is 35.5. The number of hydrogen-bond acceptors (Lipinski definition) is 2. The standard InChI is InChI=1S/C13H17ClFN3S/c1-17-5-2-6-18(8-7-17)13(19)16-10-3-4-11(14)12(15)9-10/h3-4,9H,2,5-8H2,1H3,(H,16,19). The Morgan fingerprint density at radius 1 is 1.32 bits per heavy atom. The molecule has 104 valence electrons. The molecule has 1 aliphatic rings. The fourth-order valence-electron chi connectivity index (χ4n) is 2.03. The van der Waals surface area contributed by atoms with Crippen LogP contribution < -0.4 is 5.32 Å². The fourth-order valence-corrected chi connectivity index (χ4v) is 2.44. The van der Waals surface area contributed by atoms with Gasteiger partial charge in [-0.3, -0.25) is 0 Å². The SMILES string of the molecule is CN1CCCN(C(=S)Nc2ccc(Cl)c(F)c2)CC1. The van der Waals surface area contributed by atoms with Crippen molar-refractivity contribution in [3.8, 4) is 0 Å². The maximum atomic E-state index is 13.4. The van der Waals surface area contributed by atoms with Crippen LogP contribution >= 0.6 is 23.8 Å². The van der Waals surface area contributed by atoms with E-state index in [1.165, 1.54) is 12.1 Å². The molecule has 0 saturated carbocycles. The summed E-state index contributed by atoms with van der Waals surface area (Å²) in [7, 11) is 2.11. The number of rotatable bonds is 1. The van der Waals surface area contributed by atoms with Gasteiger partial charge in [0.15, 0.2) is 5.11 Å². The van der Waals surface area contributed by atoms with E-state index in [4.69, 9.17) is 23.8 Å². The van der Waals surface area contributed by atoms with E-state index in [2.05, 4.69) is 22.2 Å². The summed E-state index contributed by atoms with van der Waals surface area (Å²) in [5.41, 5.74) is 0.629. The van der Waals surface area contributed by atoms with Crippen LogP contribution in [0.2, 0.25) is 5.02 Å². The number of halogens is 2. The molecule has 0 aromatic heterocycles. The van der Waals surface area contributed by atoms with Crippen LogP contribution in [0.25, 0.3) is 0 Å². The van der Waals surface area contributed by atoms with E-state index in [0.29, 0.717) is 10.8 Å². The van der Waals surface area contributed by atoms with Gasteiger partial charge in [-0.2, -0.15) is 0 Å². The minimum absolute atomic E-state index is 0.118. The van der Waals surface area contributed by atoms with E-state index in [0.717, 1.165) is 32.6 Å². The third-order valence-electron chi connectivity index (χ3n) is 3.18. The Labute approximate surface area is 123 Å². The number of likely N-dealkylation sites (N-methyl/N-ethyl adjacent to an activating group) is 1. The number of nitrogens with one attached hydrogen (secondary N) is 1. The second-order valence-electron chi connectivity index (χ2n) is 4.70. The molecule has 1 heterocycles. The van der Waals surface area contributed by atoms with Crippen LogP contribution in [0.3, 0.4) is 0 Å². The van der Waals surface area contributed by atoms with Crippen LogP contribution in [0.5, 0.6) is 0 Å². The lowest BCUT2D eigenvalue weighted by Crippen LogP contribution is -2.37. The highest BCUT2D eigenvalue weighted by molar-refractivity contribution is 7.80. The Hall–Kier alpha value is -0.910. The van der Waals surface area contributed by atoms with Crippen molar-refractivity contribution >= 4 is 34.6 Å². The van der Waals surface area contributed by atoms with Gasteiger partial charge in [-0.25, -0.2) is 4.39 Å². The molecule has 1 aliphatic heterocycles. The van der Waals surface area contributed by atoms with Crippen molar-refractivity contribution in [3.63, 3.8) is 0 Å². The van der Waals surface area contributed by atoms with Crippen molar-refractivity contribution in [3.05, 3.63) is 29.0 Å². The molecule has 3 nitrogen and oxygen atoms in total. The van der Waals surface area contributed by atoms with Gasteiger partial charge >= 0.3 is 0 Å². The third-order valence-corrected chi connectivity index (χ3v) is 3.84. The molecule has 1 fully saturated rings. The first kappa shape index (κ1) is 14.5. The number of benzene rings is 1. The van der Waals surface area contributed by atoms with Gasteiger partial charge in [0.2, 0.25) is 0 Å². The average Bonchev–Trinajstić information content (AvgIpc) is 2.59. The summed E-state index contributed by atoms with van der Waals surface area (Å²) >= 11 is 11.0. The average molecular weight is 302 g/mol. The summed E-state index contributed by atoms with van der Waals surface area (Å²) in [6.45, 7) is 3.87. The van der Waals surface area contributed by atoms with E-state index in [1.807, 2.05) is 0 Å². The summed E-state index contributed by atoms with van der Waals surface area (Å²) < 4.78 is 13.4. The lowest BCUT2D eigenvalue weighted by atomic mass is 10.3. The van der Waals surface area contributed by atoms with Crippen molar-refractivity contribution < 1.29 is 4.39 Å². The molecule has 1 aromatic carbocycles. The van der Waals surface area contributed by atoms with E-state index >= 15 is 0 Å². The van der Waals surface area contributed by atoms with Crippen molar-refractivity contribution in [2.24, 2.45) is 0 Å². The Balaban J connectivity index is 1.98. The highest BCUT2D eigenvalue weighted by Gasteiger charge is 2.15. The second kappa shape index (κ2) is 6.50. The smallest absolute Gasteiger partial charge is 0.173 e. The molecule has 0 radical (unpaired) electrons. The molecule has 1 aromatic rings. The number of hydrogen-bond donors (Lipinski definition) is 1. The van der Waals surface area contributed by atoms with Crippen molar-refractivity contribution in [1.82, 2.24) is 9.80 Å². The van der Waals surface area contributed by atoms with E-state index < -0.39 is 5.82 Å². The van der Waals surface area contributed by atoms with Gasteiger partial charge in [-0.15, -0.1) is 0 Å². The Kier molecular flexibility index (Phi) is 4.96. The maximum Gasteiger partial charge on any atom is 0.173 e. The maximum absolute atomic E-state index is 13.4. The van der Waals surface area contributed by atoms with Crippen molar-refractivity contribution in [2.75, 3.05) is 38.5 Å². The predicted octanol–water partition coefficient (Wildman–Crippen LogP) is 2.81. The van der Waals surface area contributed by atoms with Gasteiger partial charge in [0.25, 0.3) is 0 Å². The van der Waals surface area contributed by atoms with Gasteiger partial charge < -0.3 is 15.1 Å². The van der Waals surface area contributed by atoms with Crippen LogP contribution in [0.4, 0.5) is 10.1 Å². The normalized spacial score (nSPS) is 17.1. The van der Waals surface area contributed by atoms with E-state index in [1.54, 1.807) is 6.07 Å². The zero-order valence-electron chi connectivity index (χ0n) is 10.8. The molecule has 19 heavy (non-hydrogen) atoms. The Bertz CT molecular complexity index is 469. The minimum atomic E-state index is -0.440. The van der Waals surface area contributed by atoms with Crippen LogP contribution in [-0.4, -0.2) is 48.1 Å². The molecule has 0 aliphatic carbocycles. The lowest BCUT2D eigenvalue weighted by Gasteiger charge is -2.24. The molecule has 0 atom stereocenters. The van der Waals surface area contributed by atoms with E-state index in [9.17, 15) is 4.39 Å². The van der Waals surface area contributed by atoms with Crippen LogP contribution in [0, 0.1) is 5.82 Å². The van der Waals surface area contributed by atoms with Crippen LogP contribution in [-0.2, 0) is 0 Å². The molecule has 0 bridgehead atoms. The largest absolute Gasteiger partial charge is 0.348 e. The topological polar surface area (TPSA) is 18.5 Å². The molecule has 1 saturated heterocycles. The van der Waals surface area contributed by atoms with Gasteiger partial charge in [0, 0.05) is 25.3 Å². The van der Waals surface area contributed by atoms with Gasteiger partial charge in [0.05, 0.1) is 5.02 Å². The fraction of sp³-hybridized carbons (Fsp3) is 0.462. The molecular formula is C13H17ClFN3S. The Morgan fingerprint density at radius 3 is 2.84 bits per heavy atom. The highest BCUT2D eigenvalue weighted by Crippen LogP contribution is 2.19. The van der Waals surface area contributed by atoms with Gasteiger partial charge in [0.1, 0.15) is 5.82 Å². The summed E-state index contributed by atoms with van der Waals surface area (Å²) in [5.74, 6) is -0.440. The number of anilines is 1. The van der Waals surface area contributed by atoms with Gasteiger partial charge in [-0.05, 0) is 50.4 Å². The number of nitrogens with zero attached hydrogens (tertiary/aromatic N) is 2. The van der Waals surface area contributed by atoms with Crippen LogP contribution in [0.1, 0.15) is 6.42 Å². The zero-order valence-corrected chi connectivity index (χ0v) is 12.4. The van der Waals surface area contributed by atoms with E-state index in [-0.39, 0.29) is 5.02 Å². The molecule has 0 unspecified atom stereocenters.